The van der Waals surface area contributed by atoms with Crippen molar-refractivity contribution in [2.75, 3.05) is 12.4 Å². The Bertz CT molecular complexity index is 808. The van der Waals surface area contributed by atoms with Crippen LogP contribution in [0, 0.1) is 12.3 Å². The van der Waals surface area contributed by atoms with E-state index < -0.39 is 10.1 Å². The molecule has 0 fully saturated rings. The number of amidine groups is 1. The van der Waals surface area contributed by atoms with Crippen molar-refractivity contribution in [3.05, 3.63) is 54.1 Å². The molecule has 0 spiro atoms. The molecule has 0 aliphatic rings. The zero-order valence-corrected chi connectivity index (χ0v) is 14.7. The summed E-state index contributed by atoms with van der Waals surface area (Å²) in [4.78, 5) is 0.0897. The zero-order valence-electron chi connectivity index (χ0n) is 13.1. The van der Waals surface area contributed by atoms with E-state index in [0.29, 0.717) is 18.1 Å². The molecule has 8 heteroatoms. The Kier molecular flexibility index (Phi) is 6.10. The van der Waals surface area contributed by atoms with Crippen LogP contribution < -0.4 is 14.7 Å². The predicted octanol–water partition coefficient (Wildman–Crippen LogP) is 2.77. The number of aryl methyl sites for hydroxylation is 1. The maximum atomic E-state index is 12.3. The molecule has 2 aromatic rings. The Labute approximate surface area is 145 Å². The molecule has 0 aliphatic carbocycles. The minimum Gasteiger partial charge on any atom is -0.493 e. The Morgan fingerprint density at radius 3 is 2.50 bits per heavy atom. The molecule has 0 heterocycles. The van der Waals surface area contributed by atoms with Gasteiger partial charge >= 0.3 is 10.1 Å². The summed E-state index contributed by atoms with van der Waals surface area (Å²) >= 11 is 1.18. The lowest BCUT2D eigenvalue weighted by molar-refractivity contribution is 0.342. The van der Waals surface area contributed by atoms with Crippen LogP contribution in [0.2, 0.25) is 0 Å². The molecule has 0 saturated heterocycles. The van der Waals surface area contributed by atoms with E-state index in [2.05, 4.69) is 0 Å². The number of thioether (sulfide) groups is 1. The zero-order chi connectivity index (χ0) is 17.6. The highest BCUT2D eigenvalue weighted by molar-refractivity contribution is 8.13. The molecule has 0 unspecified atom stereocenters. The topological polar surface area (TPSA) is 102 Å². The minimum absolute atomic E-state index is 0.0285. The highest BCUT2D eigenvalue weighted by Gasteiger charge is 2.16. The standard InChI is InChI=1S/C16H18N2O4S2/c1-12-9-13(21-7-8-23-16(17)18)11-14(10-12)22-24(19,20)15-5-3-2-4-6-15/h2-6,9-11H,7-8H2,1H3,(H3,17,18). The average Bonchev–Trinajstić information content (AvgIpc) is 2.51. The average molecular weight is 366 g/mol. The molecule has 3 N–H and O–H groups in total. The highest BCUT2D eigenvalue weighted by atomic mass is 32.2. The molecule has 0 atom stereocenters. The first-order valence-electron chi connectivity index (χ1n) is 7.08. The second kappa shape index (κ2) is 8.07. The molecule has 0 bridgehead atoms. The van der Waals surface area contributed by atoms with E-state index in [-0.39, 0.29) is 15.8 Å². The first-order chi connectivity index (χ1) is 11.4. The Morgan fingerprint density at radius 1 is 1.17 bits per heavy atom. The highest BCUT2D eigenvalue weighted by Crippen LogP contribution is 2.25. The molecule has 0 saturated carbocycles. The van der Waals surface area contributed by atoms with Crippen LogP contribution in [0.25, 0.3) is 0 Å². The molecule has 0 radical (unpaired) electrons. The van der Waals surface area contributed by atoms with Gasteiger partial charge in [0, 0.05) is 11.8 Å². The van der Waals surface area contributed by atoms with Crippen molar-refractivity contribution < 1.29 is 17.3 Å². The van der Waals surface area contributed by atoms with Gasteiger partial charge in [0.15, 0.2) is 5.17 Å². The SMILES string of the molecule is Cc1cc(OCCSC(=N)N)cc(OS(=O)(=O)c2ccccc2)c1. The summed E-state index contributed by atoms with van der Waals surface area (Å²) in [5, 5.41) is 7.15. The summed E-state index contributed by atoms with van der Waals surface area (Å²) < 4.78 is 35.2. The third-order valence-corrected chi connectivity index (χ3v) is 4.81. The van der Waals surface area contributed by atoms with Gasteiger partial charge in [-0.15, -0.1) is 0 Å². The first kappa shape index (κ1) is 18.2. The lowest BCUT2D eigenvalue weighted by Gasteiger charge is -2.11. The van der Waals surface area contributed by atoms with Crippen LogP contribution in [0.4, 0.5) is 0 Å². The molecular weight excluding hydrogens is 348 g/mol. The van der Waals surface area contributed by atoms with Crippen molar-refractivity contribution >= 4 is 27.0 Å². The number of ether oxygens (including phenoxy) is 1. The quantitative estimate of drug-likeness (QED) is 0.338. The van der Waals surface area contributed by atoms with E-state index in [4.69, 9.17) is 20.1 Å². The molecule has 6 nitrogen and oxygen atoms in total. The van der Waals surface area contributed by atoms with Gasteiger partial charge in [-0.25, -0.2) is 0 Å². The number of rotatable bonds is 7. The molecule has 128 valence electrons. The maximum absolute atomic E-state index is 12.3. The summed E-state index contributed by atoms with van der Waals surface area (Å²) in [6.07, 6.45) is 0. The molecular formula is C16H18N2O4S2. The van der Waals surface area contributed by atoms with E-state index in [1.54, 1.807) is 30.3 Å². The number of hydrogen-bond donors (Lipinski definition) is 2. The van der Waals surface area contributed by atoms with Crippen LogP contribution >= 0.6 is 11.8 Å². The van der Waals surface area contributed by atoms with Gasteiger partial charge in [-0.3, -0.25) is 5.41 Å². The van der Waals surface area contributed by atoms with Gasteiger partial charge in [0.1, 0.15) is 16.4 Å². The Morgan fingerprint density at radius 2 is 1.83 bits per heavy atom. The Hall–Kier alpha value is -2.19. The summed E-state index contributed by atoms with van der Waals surface area (Å²) in [7, 11) is -3.89. The fraction of sp³-hybridized carbons (Fsp3) is 0.188. The van der Waals surface area contributed by atoms with Gasteiger partial charge < -0.3 is 14.7 Å². The van der Waals surface area contributed by atoms with Crippen LogP contribution in [0.5, 0.6) is 11.5 Å². The summed E-state index contributed by atoms with van der Waals surface area (Å²) in [6.45, 7) is 2.16. The van der Waals surface area contributed by atoms with Gasteiger partial charge in [-0.2, -0.15) is 8.42 Å². The van der Waals surface area contributed by atoms with Crippen molar-refractivity contribution in [1.29, 1.82) is 5.41 Å². The fourth-order valence-electron chi connectivity index (χ4n) is 1.92. The van der Waals surface area contributed by atoms with Gasteiger partial charge in [0.2, 0.25) is 0 Å². The smallest absolute Gasteiger partial charge is 0.339 e. The lowest BCUT2D eigenvalue weighted by Crippen LogP contribution is -2.10. The van der Waals surface area contributed by atoms with Gasteiger partial charge in [-0.05, 0) is 36.8 Å². The van der Waals surface area contributed by atoms with Crippen LogP contribution in [-0.2, 0) is 10.1 Å². The predicted molar refractivity (Wildman–Crippen MR) is 95.3 cm³/mol. The van der Waals surface area contributed by atoms with Crippen molar-refractivity contribution in [3.8, 4) is 11.5 Å². The lowest BCUT2D eigenvalue weighted by atomic mass is 10.2. The van der Waals surface area contributed by atoms with E-state index in [0.717, 1.165) is 5.56 Å². The van der Waals surface area contributed by atoms with Crippen LogP contribution in [0.3, 0.4) is 0 Å². The maximum Gasteiger partial charge on any atom is 0.339 e. The van der Waals surface area contributed by atoms with Crippen molar-refractivity contribution in [2.45, 2.75) is 11.8 Å². The number of nitrogens with one attached hydrogen (secondary N) is 1. The van der Waals surface area contributed by atoms with Crippen molar-refractivity contribution in [2.24, 2.45) is 5.73 Å². The molecule has 0 aliphatic heterocycles. The summed E-state index contributed by atoms with van der Waals surface area (Å²) in [5.74, 6) is 1.22. The first-order valence-corrected chi connectivity index (χ1v) is 9.47. The molecule has 2 rings (SSSR count). The van der Waals surface area contributed by atoms with Crippen LogP contribution in [0.1, 0.15) is 5.56 Å². The van der Waals surface area contributed by atoms with E-state index in [9.17, 15) is 8.42 Å². The van der Waals surface area contributed by atoms with Crippen molar-refractivity contribution in [1.82, 2.24) is 0 Å². The molecule has 0 amide bonds. The van der Waals surface area contributed by atoms with E-state index >= 15 is 0 Å². The second-order valence-corrected chi connectivity index (χ2v) is 7.58. The monoisotopic (exact) mass is 366 g/mol. The fourth-order valence-corrected chi connectivity index (χ4v) is 3.24. The summed E-state index contributed by atoms with van der Waals surface area (Å²) in [5.41, 5.74) is 6.06. The summed E-state index contributed by atoms with van der Waals surface area (Å²) in [6, 6.07) is 12.9. The largest absolute Gasteiger partial charge is 0.493 e. The third-order valence-electron chi connectivity index (χ3n) is 2.87. The van der Waals surface area contributed by atoms with Gasteiger partial charge in [0.25, 0.3) is 0 Å². The van der Waals surface area contributed by atoms with Crippen LogP contribution in [0.15, 0.2) is 53.4 Å². The molecule has 24 heavy (non-hydrogen) atoms. The number of benzene rings is 2. The molecule has 0 aromatic heterocycles. The van der Waals surface area contributed by atoms with E-state index in [1.165, 1.54) is 30.0 Å². The Balaban J connectivity index is 2.09. The van der Waals surface area contributed by atoms with E-state index in [1.807, 2.05) is 6.92 Å². The third kappa shape index (κ3) is 5.47. The van der Waals surface area contributed by atoms with Gasteiger partial charge in [0.05, 0.1) is 6.61 Å². The van der Waals surface area contributed by atoms with Crippen molar-refractivity contribution in [3.63, 3.8) is 0 Å². The normalized spacial score (nSPS) is 11.0. The van der Waals surface area contributed by atoms with Gasteiger partial charge in [-0.1, -0.05) is 30.0 Å². The number of nitrogens with two attached hydrogens (primary N) is 1. The molecule has 2 aromatic carbocycles. The number of hydrogen-bond acceptors (Lipinski definition) is 6. The van der Waals surface area contributed by atoms with Crippen LogP contribution in [-0.4, -0.2) is 25.9 Å². The minimum atomic E-state index is -3.89. The second-order valence-electron chi connectivity index (χ2n) is 4.89.